The van der Waals surface area contributed by atoms with Crippen molar-refractivity contribution >= 4 is 23.5 Å². The van der Waals surface area contributed by atoms with E-state index in [1.54, 1.807) is 24.3 Å². The van der Waals surface area contributed by atoms with Crippen molar-refractivity contribution in [3.63, 3.8) is 0 Å². The lowest BCUT2D eigenvalue weighted by atomic mass is 9.86. The van der Waals surface area contributed by atoms with Crippen molar-refractivity contribution in [1.82, 2.24) is 5.32 Å². The number of anilines is 1. The zero-order chi connectivity index (χ0) is 17.5. The van der Waals surface area contributed by atoms with Gasteiger partial charge < -0.3 is 21.5 Å². The van der Waals surface area contributed by atoms with E-state index in [1.807, 2.05) is 0 Å². The van der Waals surface area contributed by atoms with Gasteiger partial charge in [0.05, 0.1) is 6.42 Å². The molecule has 0 heterocycles. The van der Waals surface area contributed by atoms with Crippen LogP contribution in [0.2, 0.25) is 0 Å². The van der Waals surface area contributed by atoms with E-state index >= 15 is 0 Å². The lowest BCUT2D eigenvalue weighted by molar-refractivity contribution is -0.136. The van der Waals surface area contributed by atoms with E-state index < -0.39 is 5.97 Å². The van der Waals surface area contributed by atoms with E-state index in [2.05, 4.69) is 10.6 Å². The van der Waals surface area contributed by atoms with E-state index in [9.17, 15) is 14.4 Å². The fourth-order valence-electron chi connectivity index (χ4n) is 2.72. The maximum Gasteiger partial charge on any atom is 0.305 e. The zero-order valence-electron chi connectivity index (χ0n) is 13.5. The summed E-state index contributed by atoms with van der Waals surface area (Å²) in [6.07, 6.45) is 3.22. The van der Waals surface area contributed by atoms with E-state index in [4.69, 9.17) is 10.8 Å². The van der Waals surface area contributed by atoms with Crippen molar-refractivity contribution in [3.8, 4) is 0 Å². The molecule has 2 rings (SSSR count). The van der Waals surface area contributed by atoms with Crippen LogP contribution in [0, 0.1) is 5.92 Å². The Hall–Kier alpha value is -2.41. The van der Waals surface area contributed by atoms with Crippen molar-refractivity contribution < 1.29 is 19.5 Å². The molecule has 1 aromatic carbocycles. The number of amides is 2. The number of benzene rings is 1. The Kier molecular flexibility index (Phi) is 6.31. The standard InChI is InChI=1S/C17H23N3O4/c18-13-5-1-12(2-6-13)17(24)20-14-7-3-11(4-8-14)16(23)19-10-9-15(21)22/h3-4,7-8,12-13H,1-2,5-6,9-10,18H2,(H,19,23)(H,20,24)(H,21,22). The van der Waals surface area contributed by atoms with Crippen LogP contribution >= 0.6 is 0 Å². The van der Waals surface area contributed by atoms with Crippen LogP contribution in [0.3, 0.4) is 0 Å². The lowest BCUT2D eigenvalue weighted by Gasteiger charge is -2.25. The highest BCUT2D eigenvalue weighted by atomic mass is 16.4. The number of carbonyl (C=O) groups is 3. The SMILES string of the molecule is NC1CCC(C(=O)Nc2ccc(C(=O)NCCC(=O)O)cc2)CC1. The molecule has 1 aromatic rings. The number of hydrogen-bond acceptors (Lipinski definition) is 4. The van der Waals surface area contributed by atoms with Crippen LogP contribution < -0.4 is 16.4 Å². The monoisotopic (exact) mass is 333 g/mol. The fourth-order valence-corrected chi connectivity index (χ4v) is 2.72. The third kappa shape index (κ3) is 5.34. The molecule has 0 saturated heterocycles. The van der Waals surface area contributed by atoms with Crippen LogP contribution in [0.25, 0.3) is 0 Å². The Labute approximate surface area is 140 Å². The smallest absolute Gasteiger partial charge is 0.305 e. The largest absolute Gasteiger partial charge is 0.481 e. The third-order valence-electron chi connectivity index (χ3n) is 4.18. The highest BCUT2D eigenvalue weighted by Gasteiger charge is 2.24. The molecule has 7 nitrogen and oxygen atoms in total. The average Bonchev–Trinajstić information content (AvgIpc) is 2.55. The van der Waals surface area contributed by atoms with Crippen LogP contribution in [-0.2, 0) is 9.59 Å². The number of nitrogens with two attached hydrogens (primary N) is 1. The van der Waals surface area contributed by atoms with E-state index in [0.29, 0.717) is 11.3 Å². The summed E-state index contributed by atoms with van der Waals surface area (Å²) in [6, 6.07) is 6.73. The quantitative estimate of drug-likeness (QED) is 0.626. The third-order valence-corrected chi connectivity index (χ3v) is 4.18. The summed E-state index contributed by atoms with van der Waals surface area (Å²) in [6.45, 7) is 0.0798. The Bertz CT molecular complexity index is 592. The maximum absolute atomic E-state index is 12.2. The predicted octanol–water partition coefficient (Wildman–Crippen LogP) is 1.35. The average molecular weight is 333 g/mol. The van der Waals surface area contributed by atoms with Crippen LogP contribution in [0.15, 0.2) is 24.3 Å². The van der Waals surface area contributed by atoms with Crippen LogP contribution in [0.1, 0.15) is 42.5 Å². The van der Waals surface area contributed by atoms with Crippen molar-refractivity contribution in [2.75, 3.05) is 11.9 Å². The summed E-state index contributed by atoms with van der Waals surface area (Å²) in [5.74, 6) is -1.32. The van der Waals surface area contributed by atoms with Gasteiger partial charge in [-0.1, -0.05) is 0 Å². The molecule has 7 heteroatoms. The summed E-state index contributed by atoms with van der Waals surface area (Å²) in [4.78, 5) is 34.5. The van der Waals surface area contributed by atoms with Crippen molar-refractivity contribution in [1.29, 1.82) is 0 Å². The molecule has 0 aromatic heterocycles. The minimum absolute atomic E-state index is 0.0104. The zero-order valence-corrected chi connectivity index (χ0v) is 13.5. The molecule has 0 bridgehead atoms. The molecular formula is C17H23N3O4. The van der Waals surface area contributed by atoms with Gasteiger partial charge in [0, 0.05) is 29.8 Å². The first-order valence-corrected chi connectivity index (χ1v) is 8.12. The maximum atomic E-state index is 12.2. The summed E-state index contributed by atoms with van der Waals surface area (Å²) in [5.41, 5.74) is 6.90. The van der Waals surface area contributed by atoms with Gasteiger partial charge >= 0.3 is 5.97 Å². The predicted molar refractivity (Wildman–Crippen MR) is 89.6 cm³/mol. The minimum Gasteiger partial charge on any atom is -0.481 e. The molecular weight excluding hydrogens is 310 g/mol. The van der Waals surface area contributed by atoms with E-state index in [0.717, 1.165) is 25.7 Å². The Balaban J connectivity index is 1.84. The molecule has 2 amide bonds. The number of carboxylic acid groups (broad SMARTS) is 1. The number of aliphatic carboxylic acids is 1. The van der Waals surface area contributed by atoms with Crippen LogP contribution in [0.4, 0.5) is 5.69 Å². The first kappa shape index (κ1) is 17.9. The lowest BCUT2D eigenvalue weighted by Crippen LogP contribution is -2.32. The van der Waals surface area contributed by atoms with Gasteiger partial charge in [0.1, 0.15) is 0 Å². The highest BCUT2D eigenvalue weighted by molar-refractivity contribution is 5.96. The first-order valence-electron chi connectivity index (χ1n) is 8.12. The van der Waals surface area contributed by atoms with Gasteiger partial charge in [0.25, 0.3) is 5.91 Å². The second-order valence-corrected chi connectivity index (χ2v) is 6.08. The van der Waals surface area contributed by atoms with Gasteiger partial charge in [-0.15, -0.1) is 0 Å². The molecule has 5 N–H and O–H groups in total. The minimum atomic E-state index is -0.961. The van der Waals surface area contributed by atoms with Crippen molar-refractivity contribution in [3.05, 3.63) is 29.8 Å². The Morgan fingerprint density at radius 2 is 1.71 bits per heavy atom. The number of rotatable bonds is 6. The molecule has 0 spiro atoms. The normalized spacial score (nSPS) is 20.2. The van der Waals surface area contributed by atoms with Crippen LogP contribution in [-0.4, -0.2) is 35.5 Å². The molecule has 130 valence electrons. The fraction of sp³-hybridized carbons (Fsp3) is 0.471. The molecule has 0 unspecified atom stereocenters. The van der Waals surface area contributed by atoms with Crippen molar-refractivity contribution in [2.24, 2.45) is 11.7 Å². The molecule has 1 saturated carbocycles. The molecule has 0 aliphatic heterocycles. The molecule has 0 radical (unpaired) electrons. The Morgan fingerprint density at radius 1 is 1.08 bits per heavy atom. The summed E-state index contributed by atoms with van der Waals surface area (Å²) < 4.78 is 0. The summed E-state index contributed by atoms with van der Waals surface area (Å²) >= 11 is 0. The molecule has 0 atom stereocenters. The van der Waals surface area contributed by atoms with Crippen molar-refractivity contribution in [2.45, 2.75) is 38.1 Å². The first-order chi connectivity index (χ1) is 11.5. The number of nitrogens with one attached hydrogen (secondary N) is 2. The second kappa shape index (κ2) is 8.44. The van der Waals surface area contributed by atoms with Gasteiger partial charge in [-0.2, -0.15) is 0 Å². The van der Waals surface area contributed by atoms with Crippen LogP contribution in [0.5, 0.6) is 0 Å². The second-order valence-electron chi connectivity index (χ2n) is 6.08. The highest BCUT2D eigenvalue weighted by Crippen LogP contribution is 2.24. The van der Waals surface area contributed by atoms with Gasteiger partial charge in [-0.25, -0.2) is 0 Å². The van der Waals surface area contributed by atoms with E-state index in [1.165, 1.54) is 0 Å². The van der Waals surface area contributed by atoms with Gasteiger partial charge in [-0.3, -0.25) is 14.4 Å². The molecule has 1 aliphatic rings. The van der Waals surface area contributed by atoms with Gasteiger partial charge in [0.15, 0.2) is 0 Å². The molecule has 1 aliphatic carbocycles. The summed E-state index contributed by atoms with van der Waals surface area (Å²) in [7, 11) is 0. The Morgan fingerprint density at radius 3 is 2.29 bits per heavy atom. The van der Waals surface area contributed by atoms with Gasteiger partial charge in [-0.05, 0) is 49.9 Å². The number of carboxylic acids is 1. The topological polar surface area (TPSA) is 122 Å². The summed E-state index contributed by atoms with van der Waals surface area (Å²) in [5, 5.41) is 13.9. The van der Waals surface area contributed by atoms with E-state index in [-0.39, 0.29) is 36.7 Å². The number of carbonyl (C=O) groups excluding carboxylic acids is 2. The molecule has 1 fully saturated rings. The number of hydrogen-bond donors (Lipinski definition) is 4. The van der Waals surface area contributed by atoms with Gasteiger partial charge in [0.2, 0.25) is 5.91 Å². The molecule has 24 heavy (non-hydrogen) atoms.